The van der Waals surface area contributed by atoms with Gasteiger partial charge < -0.3 is 9.64 Å². The van der Waals surface area contributed by atoms with E-state index in [1.165, 1.54) is 6.42 Å². The number of hydrogen-bond acceptors (Lipinski definition) is 5. The topological polar surface area (TPSA) is 81.5 Å². The number of amides is 1. The quantitative estimate of drug-likeness (QED) is 0.633. The molecule has 34 heavy (non-hydrogen) atoms. The predicted molar refractivity (Wildman–Crippen MR) is 131 cm³/mol. The smallest absolute Gasteiger partial charge is 0.230 e. The zero-order chi connectivity index (χ0) is 23.4. The van der Waals surface area contributed by atoms with E-state index in [2.05, 4.69) is 24.2 Å². The van der Waals surface area contributed by atoms with Gasteiger partial charge >= 0.3 is 0 Å². The summed E-state index contributed by atoms with van der Waals surface area (Å²) in [6.07, 6.45) is 12.5. The zero-order valence-electron chi connectivity index (χ0n) is 19.8. The molecule has 0 bridgehead atoms. The number of hydrogen-bond donors (Lipinski definition) is 0. The van der Waals surface area contributed by atoms with Crippen LogP contribution in [-0.4, -0.2) is 47.8 Å². The Bertz CT molecular complexity index is 1200. The number of anilines is 1. The molecule has 0 N–H and O–H groups in total. The van der Waals surface area contributed by atoms with Crippen LogP contribution in [0, 0.1) is 5.92 Å². The lowest BCUT2D eigenvalue weighted by atomic mass is 9.91. The lowest BCUT2D eigenvalue weighted by Crippen LogP contribution is -2.43. The predicted octanol–water partition coefficient (Wildman–Crippen LogP) is 4.31. The Morgan fingerprint density at radius 1 is 1.06 bits per heavy atom. The van der Waals surface area contributed by atoms with E-state index in [4.69, 9.17) is 4.74 Å². The third-order valence-corrected chi connectivity index (χ3v) is 9.78. The molecule has 1 aromatic heterocycles. The molecule has 3 fully saturated rings. The molecule has 2 saturated carbocycles. The molecule has 2 aliphatic carbocycles. The second-order valence-corrected chi connectivity index (χ2v) is 12.9. The molecule has 182 valence electrons. The number of ether oxygens (including phenoxy) is 1. The maximum absolute atomic E-state index is 13.1. The summed E-state index contributed by atoms with van der Waals surface area (Å²) in [5.41, 5.74) is 4.17. The average Bonchev–Trinajstić information content (AvgIpc) is 3.53. The zero-order valence-corrected chi connectivity index (χ0v) is 20.6. The molecular formula is C26H33N3O4S. The van der Waals surface area contributed by atoms with E-state index in [0.717, 1.165) is 66.7 Å². The number of carbonyl (C=O) groups excluding carboxylic acids is 1. The standard InChI is InChI=1S/C26H33N3O4S/c1-17-5-8-23-24(29(17)26(30)18-6-7-18)10-9-22(25(23)33-21-3-2-4-21)19-15-27-28(16-19)20-11-13-34(31,32)14-12-20/h9-10,15-18,20-21H,2-8,11-14H2,1H3. The minimum atomic E-state index is -2.91. The van der Waals surface area contributed by atoms with Crippen molar-refractivity contribution in [2.24, 2.45) is 5.92 Å². The van der Waals surface area contributed by atoms with Crippen LogP contribution in [0.1, 0.15) is 69.9 Å². The van der Waals surface area contributed by atoms with Crippen molar-refractivity contribution in [3.8, 4) is 16.9 Å². The fraction of sp³-hybridized carbons (Fsp3) is 0.615. The van der Waals surface area contributed by atoms with Gasteiger partial charge in [-0.1, -0.05) is 0 Å². The lowest BCUT2D eigenvalue weighted by molar-refractivity contribution is -0.120. The van der Waals surface area contributed by atoms with Gasteiger partial charge in [-0.3, -0.25) is 9.48 Å². The minimum Gasteiger partial charge on any atom is -0.489 e. The van der Waals surface area contributed by atoms with Crippen molar-refractivity contribution in [3.05, 3.63) is 30.1 Å². The van der Waals surface area contributed by atoms with Gasteiger partial charge in [0.05, 0.1) is 35.5 Å². The first kappa shape index (κ1) is 22.1. The summed E-state index contributed by atoms with van der Waals surface area (Å²) < 4.78 is 32.2. The number of fused-ring (bicyclic) bond motifs is 1. The molecule has 2 aromatic rings. The van der Waals surface area contributed by atoms with Crippen molar-refractivity contribution in [2.45, 2.75) is 82.9 Å². The third-order valence-electron chi connectivity index (χ3n) is 8.06. The Morgan fingerprint density at radius 3 is 2.50 bits per heavy atom. The Hall–Kier alpha value is -2.35. The molecule has 1 aromatic carbocycles. The molecule has 3 heterocycles. The van der Waals surface area contributed by atoms with Gasteiger partial charge in [-0.15, -0.1) is 0 Å². The van der Waals surface area contributed by atoms with E-state index < -0.39 is 9.84 Å². The van der Waals surface area contributed by atoms with Gasteiger partial charge in [0.25, 0.3) is 0 Å². The van der Waals surface area contributed by atoms with Crippen molar-refractivity contribution in [1.29, 1.82) is 0 Å². The minimum absolute atomic E-state index is 0.110. The summed E-state index contributed by atoms with van der Waals surface area (Å²) in [6, 6.07) is 4.50. The van der Waals surface area contributed by atoms with Gasteiger partial charge in [0.15, 0.2) is 0 Å². The molecule has 8 heteroatoms. The van der Waals surface area contributed by atoms with Crippen LogP contribution in [0.4, 0.5) is 5.69 Å². The second kappa shape index (κ2) is 8.40. The second-order valence-electron chi connectivity index (χ2n) is 10.6. The molecule has 1 saturated heterocycles. The number of benzene rings is 1. The van der Waals surface area contributed by atoms with Gasteiger partial charge in [-0.2, -0.15) is 5.10 Å². The highest BCUT2D eigenvalue weighted by Gasteiger charge is 2.39. The van der Waals surface area contributed by atoms with Crippen LogP contribution in [-0.2, 0) is 21.1 Å². The Labute approximate surface area is 201 Å². The van der Waals surface area contributed by atoms with Crippen LogP contribution in [0.3, 0.4) is 0 Å². The number of carbonyl (C=O) groups is 1. The van der Waals surface area contributed by atoms with E-state index in [-0.39, 0.29) is 41.5 Å². The van der Waals surface area contributed by atoms with Gasteiger partial charge in [0.2, 0.25) is 5.91 Å². The van der Waals surface area contributed by atoms with Crippen LogP contribution in [0.2, 0.25) is 0 Å². The number of aromatic nitrogens is 2. The van der Waals surface area contributed by atoms with Crippen LogP contribution < -0.4 is 9.64 Å². The highest BCUT2D eigenvalue weighted by Crippen LogP contribution is 2.46. The van der Waals surface area contributed by atoms with Crippen LogP contribution >= 0.6 is 0 Å². The van der Waals surface area contributed by atoms with E-state index in [0.29, 0.717) is 12.8 Å². The molecule has 6 rings (SSSR count). The van der Waals surface area contributed by atoms with Crippen molar-refractivity contribution < 1.29 is 17.9 Å². The van der Waals surface area contributed by atoms with Crippen molar-refractivity contribution in [2.75, 3.05) is 16.4 Å². The van der Waals surface area contributed by atoms with Crippen molar-refractivity contribution >= 4 is 21.4 Å². The fourth-order valence-electron chi connectivity index (χ4n) is 5.50. The fourth-order valence-corrected chi connectivity index (χ4v) is 6.97. The van der Waals surface area contributed by atoms with Crippen LogP contribution in [0.25, 0.3) is 11.1 Å². The average molecular weight is 484 g/mol. The first-order valence-electron chi connectivity index (χ1n) is 12.8. The summed E-state index contributed by atoms with van der Waals surface area (Å²) in [4.78, 5) is 15.2. The molecule has 1 unspecified atom stereocenters. The largest absolute Gasteiger partial charge is 0.489 e. The molecular weight excluding hydrogens is 450 g/mol. The van der Waals surface area contributed by atoms with Crippen LogP contribution in [0.5, 0.6) is 5.75 Å². The van der Waals surface area contributed by atoms with E-state index in [1.807, 2.05) is 22.0 Å². The van der Waals surface area contributed by atoms with Gasteiger partial charge in [-0.05, 0) is 76.8 Å². The molecule has 1 amide bonds. The van der Waals surface area contributed by atoms with E-state index in [1.54, 1.807) is 0 Å². The highest BCUT2D eigenvalue weighted by molar-refractivity contribution is 7.91. The summed E-state index contributed by atoms with van der Waals surface area (Å²) in [6.45, 7) is 2.15. The third kappa shape index (κ3) is 4.04. The highest BCUT2D eigenvalue weighted by atomic mass is 32.2. The number of sulfone groups is 1. The molecule has 0 spiro atoms. The molecule has 2 aliphatic heterocycles. The monoisotopic (exact) mass is 483 g/mol. The molecule has 0 radical (unpaired) electrons. The summed E-state index contributed by atoms with van der Waals surface area (Å²) in [7, 11) is -2.91. The SMILES string of the molecule is CC1CCc2c(ccc(-c3cnn(C4CCS(=O)(=O)CC4)c3)c2OC2CCC2)N1C(=O)C1CC1. The van der Waals surface area contributed by atoms with Crippen LogP contribution in [0.15, 0.2) is 24.5 Å². The van der Waals surface area contributed by atoms with Crippen molar-refractivity contribution in [3.63, 3.8) is 0 Å². The van der Waals surface area contributed by atoms with Gasteiger partial charge in [0.1, 0.15) is 15.6 Å². The number of rotatable bonds is 5. The van der Waals surface area contributed by atoms with E-state index in [9.17, 15) is 13.2 Å². The van der Waals surface area contributed by atoms with Crippen molar-refractivity contribution in [1.82, 2.24) is 9.78 Å². The normalized spacial score (nSPS) is 25.0. The first-order chi connectivity index (χ1) is 16.4. The van der Waals surface area contributed by atoms with Gasteiger partial charge in [0, 0.05) is 34.8 Å². The molecule has 1 atom stereocenters. The Balaban J connectivity index is 1.36. The van der Waals surface area contributed by atoms with E-state index >= 15 is 0 Å². The Morgan fingerprint density at radius 2 is 1.82 bits per heavy atom. The molecule has 7 nitrogen and oxygen atoms in total. The lowest BCUT2D eigenvalue weighted by Gasteiger charge is -2.38. The number of nitrogens with zero attached hydrogens (tertiary/aromatic N) is 3. The van der Waals surface area contributed by atoms with Gasteiger partial charge in [-0.25, -0.2) is 8.42 Å². The maximum Gasteiger partial charge on any atom is 0.230 e. The maximum atomic E-state index is 13.1. The first-order valence-corrected chi connectivity index (χ1v) is 14.6. The molecule has 4 aliphatic rings. The summed E-state index contributed by atoms with van der Waals surface area (Å²) in [5, 5.41) is 4.62. The Kier molecular flexibility index (Phi) is 5.47. The summed E-state index contributed by atoms with van der Waals surface area (Å²) >= 11 is 0. The summed E-state index contributed by atoms with van der Waals surface area (Å²) in [5.74, 6) is 1.81.